The molecule has 1 saturated carbocycles. The molecule has 0 aromatic carbocycles. The molecule has 0 spiro atoms. The molecule has 1 saturated heterocycles. The zero-order chi connectivity index (χ0) is 14.8. The van der Waals surface area contributed by atoms with Crippen molar-refractivity contribution in [1.29, 1.82) is 0 Å². The molecule has 3 rings (SSSR count). The van der Waals surface area contributed by atoms with Gasteiger partial charge in [-0.2, -0.15) is 5.10 Å². The first kappa shape index (κ1) is 14.3. The average molecular weight is 288 g/mol. The van der Waals surface area contributed by atoms with Gasteiger partial charge in [0.05, 0.1) is 5.69 Å². The molecule has 0 radical (unpaired) electrons. The van der Waals surface area contributed by atoms with Crippen LogP contribution in [0.4, 0.5) is 5.82 Å². The van der Waals surface area contributed by atoms with Crippen LogP contribution in [0.2, 0.25) is 0 Å². The maximum absolute atomic E-state index is 12.0. The van der Waals surface area contributed by atoms with Gasteiger partial charge in [-0.15, -0.1) is 5.10 Å². The summed E-state index contributed by atoms with van der Waals surface area (Å²) < 4.78 is 0. The first-order valence-corrected chi connectivity index (χ1v) is 8.00. The van der Waals surface area contributed by atoms with Crippen LogP contribution in [0.25, 0.3) is 0 Å². The van der Waals surface area contributed by atoms with E-state index in [9.17, 15) is 4.79 Å². The molecule has 1 aliphatic heterocycles. The van der Waals surface area contributed by atoms with Crippen molar-refractivity contribution in [1.82, 2.24) is 15.5 Å². The lowest BCUT2D eigenvalue weighted by molar-refractivity contribution is -0.128. The van der Waals surface area contributed by atoms with E-state index in [1.807, 2.05) is 6.92 Å². The number of piperidine rings is 1. The van der Waals surface area contributed by atoms with Gasteiger partial charge in [-0.25, -0.2) is 0 Å². The van der Waals surface area contributed by atoms with Crippen LogP contribution in [0.5, 0.6) is 0 Å². The fourth-order valence-corrected chi connectivity index (χ4v) is 2.93. The summed E-state index contributed by atoms with van der Waals surface area (Å²) in [4.78, 5) is 14.2. The van der Waals surface area contributed by atoms with Crippen molar-refractivity contribution in [3.05, 3.63) is 17.3 Å². The fourth-order valence-electron chi connectivity index (χ4n) is 2.93. The van der Waals surface area contributed by atoms with Crippen molar-refractivity contribution >= 4 is 11.7 Å². The van der Waals surface area contributed by atoms with Crippen LogP contribution < -0.4 is 10.2 Å². The van der Waals surface area contributed by atoms with Gasteiger partial charge in [0.2, 0.25) is 5.91 Å². The maximum Gasteiger partial charge on any atom is 0.223 e. The van der Waals surface area contributed by atoms with Crippen molar-refractivity contribution in [3.63, 3.8) is 0 Å². The smallest absolute Gasteiger partial charge is 0.223 e. The predicted molar refractivity (Wildman–Crippen MR) is 82.2 cm³/mol. The Hall–Kier alpha value is -1.65. The molecule has 0 atom stereocenters. The summed E-state index contributed by atoms with van der Waals surface area (Å²) in [7, 11) is 0. The van der Waals surface area contributed by atoms with Gasteiger partial charge < -0.3 is 10.2 Å². The Bertz CT molecular complexity index is 519. The molecular formula is C16H24N4O. The van der Waals surface area contributed by atoms with Gasteiger partial charge in [0, 0.05) is 25.0 Å². The van der Waals surface area contributed by atoms with E-state index in [-0.39, 0.29) is 11.8 Å². The minimum absolute atomic E-state index is 0.269. The summed E-state index contributed by atoms with van der Waals surface area (Å²) in [5, 5.41) is 11.7. The Labute approximate surface area is 126 Å². The van der Waals surface area contributed by atoms with Gasteiger partial charge in [0.15, 0.2) is 5.82 Å². The lowest BCUT2D eigenvalue weighted by atomic mass is 9.84. The SMILES string of the molecule is Cc1cc(N2CCC(NC(=O)C3CCC3)CC2)nnc1C. The summed E-state index contributed by atoms with van der Waals surface area (Å²) in [5.41, 5.74) is 2.17. The Kier molecular flexibility index (Phi) is 4.08. The molecular weight excluding hydrogens is 264 g/mol. The summed E-state index contributed by atoms with van der Waals surface area (Å²) in [5.74, 6) is 1.51. The zero-order valence-electron chi connectivity index (χ0n) is 12.9. The van der Waals surface area contributed by atoms with E-state index in [2.05, 4.69) is 33.4 Å². The highest BCUT2D eigenvalue weighted by molar-refractivity contribution is 5.79. The topological polar surface area (TPSA) is 58.1 Å². The van der Waals surface area contributed by atoms with E-state index in [1.54, 1.807) is 0 Å². The van der Waals surface area contributed by atoms with Crippen LogP contribution in [0.3, 0.4) is 0 Å². The second kappa shape index (κ2) is 6.00. The number of rotatable bonds is 3. The number of aromatic nitrogens is 2. The third-order valence-corrected chi connectivity index (χ3v) is 4.86. The Balaban J connectivity index is 1.52. The number of aryl methyl sites for hydroxylation is 2. The van der Waals surface area contributed by atoms with Crippen LogP contribution in [0.1, 0.15) is 43.4 Å². The Morgan fingerprint density at radius 1 is 1.19 bits per heavy atom. The first-order chi connectivity index (χ1) is 10.1. The molecule has 2 fully saturated rings. The van der Waals surface area contributed by atoms with Gasteiger partial charge in [-0.3, -0.25) is 4.79 Å². The normalized spacial score (nSPS) is 20.2. The van der Waals surface area contributed by atoms with Gasteiger partial charge in [-0.1, -0.05) is 6.42 Å². The zero-order valence-corrected chi connectivity index (χ0v) is 12.9. The number of anilines is 1. The molecule has 1 aliphatic carbocycles. The standard InChI is InChI=1S/C16H24N4O/c1-11-10-15(19-18-12(11)2)20-8-6-14(7-9-20)17-16(21)13-4-3-5-13/h10,13-14H,3-9H2,1-2H3,(H,17,21). The molecule has 5 heteroatoms. The van der Waals surface area contributed by atoms with E-state index in [4.69, 9.17) is 0 Å². The largest absolute Gasteiger partial charge is 0.355 e. The number of carbonyl (C=O) groups is 1. The minimum Gasteiger partial charge on any atom is -0.355 e. The third-order valence-electron chi connectivity index (χ3n) is 4.86. The molecule has 2 aliphatic rings. The number of hydrogen-bond donors (Lipinski definition) is 1. The average Bonchev–Trinajstić information content (AvgIpc) is 2.41. The van der Waals surface area contributed by atoms with Crippen molar-refractivity contribution in [3.8, 4) is 0 Å². The van der Waals surface area contributed by atoms with Crippen molar-refractivity contribution in [2.24, 2.45) is 5.92 Å². The van der Waals surface area contributed by atoms with Crippen molar-refractivity contribution in [2.75, 3.05) is 18.0 Å². The Morgan fingerprint density at radius 2 is 1.90 bits per heavy atom. The van der Waals surface area contributed by atoms with E-state index >= 15 is 0 Å². The Morgan fingerprint density at radius 3 is 2.48 bits per heavy atom. The molecule has 2 heterocycles. The number of hydrogen-bond acceptors (Lipinski definition) is 4. The monoisotopic (exact) mass is 288 g/mol. The third kappa shape index (κ3) is 3.17. The van der Waals surface area contributed by atoms with Crippen LogP contribution in [0.15, 0.2) is 6.07 Å². The summed E-state index contributed by atoms with van der Waals surface area (Å²) in [6.45, 7) is 5.92. The maximum atomic E-state index is 12.0. The minimum atomic E-state index is 0.269. The van der Waals surface area contributed by atoms with Gasteiger partial charge in [0.1, 0.15) is 0 Å². The number of nitrogens with zero attached hydrogens (tertiary/aromatic N) is 3. The highest BCUT2D eigenvalue weighted by atomic mass is 16.2. The van der Waals surface area contributed by atoms with Crippen molar-refractivity contribution in [2.45, 2.75) is 52.0 Å². The molecule has 0 bridgehead atoms. The molecule has 1 aromatic heterocycles. The second-order valence-electron chi connectivity index (χ2n) is 6.37. The second-order valence-corrected chi connectivity index (χ2v) is 6.37. The lowest BCUT2D eigenvalue weighted by Gasteiger charge is -2.34. The van der Waals surface area contributed by atoms with E-state index in [0.29, 0.717) is 6.04 Å². The lowest BCUT2D eigenvalue weighted by Crippen LogP contribution is -2.47. The van der Waals surface area contributed by atoms with Crippen LogP contribution >= 0.6 is 0 Å². The molecule has 1 aromatic rings. The predicted octanol–water partition coefficient (Wildman–Crippen LogP) is 1.98. The molecule has 114 valence electrons. The van der Waals surface area contributed by atoms with Gasteiger partial charge >= 0.3 is 0 Å². The molecule has 1 N–H and O–H groups in total. The quantitative estimate of drug-likeness (QED) is 0.924. The fraction of sp³-hybridized carbons (Fsp3) is 0.688. The number of nitrogens with one attached hydrogen (secondary N) is 1. The summed E-state index contributed by atoms with van der Waals surface area (Å²) in [6.07, 6.45) is 5.34. The highest BCUT2D eigenvalue weighted by Gasteiger charge is 2.28. The van der Waals surface area contributed by atoms with E-state index < -0.39 is 0 Å². The number of amides is 1. The molecule has 21 heavy (non-hydrogen) atoms. The summed E-state index contributed by atoms with van der Waals surface area (Å²) >= 11 is 0. The molecule has 5 nitrogen and oxygen atoms in total. The van der Waals surface area contributed by atoms with Gasteiger partial charge in [0.25, 0.3) is 0 Å². The molecule has 1 amide bonds. The van der Waals surface area contributed by atoms with Crippen LogP contribution in [0, 0.1) is 19.8 Å². The van der Waals surface area contributed by atoms with E-state index in [1.165, 1.54) is 12.0 Å². The first-order valence-electron chi connectivity index (χ1n) is 8.00. The van der Waals surface area contributed by atoms with E-state index in [0.717, 1.165) is 50.3 Å². The molecule has 0 unspecified atom stereocenters. The highest BCUT2D eigenvalue weighted by Crippen LogP contribution is 2.27. The van der Waals surface area contributed by atoms with Gasteiger partial charge in [-0.05, 0) is 51.2 Å². The van der Waals surface area contributed by atoms with Crippen LogP contribution in [-0.2, 0) is 4.79 Å². The summed E-state index contributed by atoms with van der Waals surface area (Å²) in [6, 6.07) is 2.43. The van der Waals surface area contributed by atoms with Crippen molar-refractivity contribution < 1.29 is 4.79 Å². The number of carbonyl (C=O) groups excluding carboxylic acids is 1. The van der Waals surface area contributed by atoms with Crippen LogP contribution in [-0.4, -0.2) is 35.2 Å².